The summed E-state index contributed by atoms with van der Waals surface area (Å²) in [6, 6.07) is 16.4. The molecule has 3 N–H and O–H groups in total. The maximum absolute atomic E-state index is 12.9. The number of carbonyl (C=O) groups is 1. The summed E-state index contributed by atoms with van der Waals surface area (Å²) in [5, 5.41) is 3.93. The van der Waals surface area contributed by atoms with Crippen LogP contribution in [0.15, 0.2) is 54.6 Å². The minimum atomic E-state index is -0.357. The first-order chi connectivity index (χ1) is 14.5. The van der Waals surface area contributed by atoms with Gasteiger partial charge >= 0.3 is 0 Å². The lowest BCUT2D eigenvalue weighted by Gasteiger charge is -2.08. The van der Waals surface area contributed by atoms with Gasteiger partial charge in [0.15, 0.2) is 0 Å². The molecule has 0 aliphatic rings. The van der Waals surface area contributed by atoms with Gasteiger partial charge in [-0.15, -0.1) is 11.3 Å². The molecule has 0 fully saturated rings. The fourth-order valence-electron chi connectivity index (χ4n) is 3.08. The first kappa shape index (κ1) is 20.0. The van der Waals surface area contributed by atoms with Crippen LogP contribution in [0.25, 0.3) is 21.5 Å². The van der Waals surface area contributed by atoms with Crippen LogP contribution in [0.2, 0.25) is 5.02 Å². The highest BCUT2D eigenvalue weighted by molar-refractivity contribution is 7.21. The summed E-state index contributed by atoms with van der Waals surface area (Å²) in [4.78, 5) is 18.6. The Morgan fingerprint density at radius 1 is 1.10 bits per heavy atom. The number of thiophene rings is 1. The van der Waals surface area contributed by atoms with Gasteiger partial charge in [0.2, 0.25) is 0 Å². The highest BCUT2D eigenvalue weighted by Gasteiger charge is 2.19. The fourth-order valence-corrected chi connectivity index (χ4v) is 4.23. The summed E-state index contributed by atoms with van der Waals surface area (Å²) in [6.07, 6.45) is 0. The predicted octanol–water partition coefficient (Wildman–Crippen LogP) is 5.47. The molecule has 0 radical (unpaired) electrons. The topological polar surface area (TPSA) is 86.5 Å². The van der Waals surface area contributed by atoms with Crippen molar-refractivity contribution in [3.8, 4) is 22.8 Å². The molecule has 0 aliphatic carbocycles. The standard InChI is InChI=1S/C22H18ClN3O3S/c1-28-12-7-9-15(23)17(11-12)25-21(27)20-19(24)14-8-10-16(26-22(14)30-20)13-5-3-4-6-18(13)29-2/h3-11H,24H2,1-2H3,(H,25,27). The third kappa shape index (κ3) is 3.65. The van der Waals surface area contributed by atoms with E-state index >= 15 is 0 Å². The second kappa shape index (κ2) is 8.22. The van der Waals surface area contributed by atoms with Gasteiger partial charge in [0.05, 0.1) is 36.3 Å². The van der Waals surface area contributed by atoms with Crippen LogP contribution in [0.5, 0.6) is 11.5 Å². The van der Waals surface area contributed by atoms with Crippen LogP contribution < -0.4 is 20.5 Å². The number of nitrogens with one attached hydrogen (secondary N) is 1. The van der Waals surface area contributed by atoms with Gasteiger partial charge in [-0.3, -0.25) is 4.79 Å². The fraction of sp³-hybridized carbons (Fsp3) is 0.0909. The maximum Gasteiger partial charge on any atom is 0.267 e. The van der Waals surface area contributed by atoms with Crippen molar-refractivity contribution in [1.82, 2.24) is 4.98 Å². The van der Waals surface area contributed by atoms with Gasteiger partial charge in [-0.25, -0.2) is 4.98 Å². The molecule has 2 aromatic carbocycles. The highest BCUT2D eigenvalue weighted by Crippen LogP contribution is 2.37. The van der Waals surface area contributed by atoms with Gasteiger partial charge in [-0.2, -0.15) is 0 Å². The van der Waals surface area contributed by atoms with Crippen molar-refractivity contribution in [2.24, 2.45) is 0 Å². The molecule has 0 aliphatic heterocycles. The van der Waals surface area contributed by atoms with Gasteiger partial charge in [-0.05, 0) is 36.4 Å². The number of nitrogen functional groups attached to an aromatic ring is 1. The van der Waals surface area contributed by atoms with Crippen LogP contribution in [0.4, 0.5) is 11.4 Å². The van der Waals surface area contributed by atoms with Crippen molar-refractivity contribution in [3.05, 3.63) is 64.5 Å². The van der Waals surface area contributed by atoms with Crippen LogP contribution in [-0.4, -0.2) is 25.1 Å². The minimum absolute atomic E-state index is 0.357. The molecule has 152 valence electrons. The second-order valence-corrected chi connectivity index (χ2v) is 7.80. The van der Waals surface area contributed by atoms with E-state index in [0.717, 1.165) is 22.4 Å². The Morgan fingerprint density at radius 2 is 1.90 bits per heavy atom. The van der Waals surface area contributed by atoms with E-state index in [9.17, 15) is 4.79 Å². The number of halogens is 1. The van der Waals surface area contributed by atoms with E-state index in [1.54, 1.807) is 32.4 Å². The lowest BCUT2D eigenvalue weighted by molar-refractivity contribution is 0.103. The SMILES string of the molecule is COc1ccc(Cl)c(NC(=O)c2sc3nc(-c4ccccc4OC)ccc3c2N)c1. The van der Waals surface area contributed by atoms with E-state index in [2.05, 4.69) is 5.32 Å². The average molecular weight is 440 g/mol. The normalized spacial score (nSPS) is 10.8. The van der Waals surface area contributed by atoms with Gasteiger partial charge < -0.3 is 20.5 Å². The minimum Gasteiger partial charge on any atom is -0.497 e. The van der Waals surface area contributed by atoms with Crippen LogP contribution >= 0.6 is 22.9 Å². The van der Waals surface area contributed by atoms with Gasteiger partial charge in [0.1, 0.15) is 21.2 Å². The quantitative estimate of drug-likeness (QED) is 0.430. The number of nitrogens with two attached hydrogens (primary N) is 1. The summed E-state index contributed by atoms with van der Waals surface area (Å²) in [7, 11) is 3.16. The maximum atomic E-state index is 12.9. The first-order valence-electron chi connectivity index (χ1n) is 8.99. The molecule has 0 saturated carbocycles. The van der Waals surface area contributed by atoms with Gasteiger partial charge in [0, 0.05) is 17.0 Å². The first-order valence-corrected chi connectivity index (χ1v) is 10.2. The van der Waals surface area contributed by atoms with Gasteiger partial charge in [0.25, 0.3) is 5.91 Å². The number of nitrogens with zero attached hydrogens (tertiary/aromatic N) is 1. The van der Waals surface area contributed by atoms with Crippen molar-refractivity contribution < 1.29 is 14.3 Å². The number of para-hydroxylation sites is 1. The monoisotopic (exact) mass is 439 g/mol. The van der Waals surface area contributed by atoms with Crippen molar-refractivity contribution >= 4 is 50.4 Å². The molecule has 8 heteroatoms. The number of fused-ring (bicyclic) bond motifs is 1. The zero-order chi connectivity index (χ0) is 21.3. The molecule has 0 atom stereocenters. The van der Waals surface area contributed by atoms with Crippen LogP contribution in [-0.2, 0) is 0 Å². The number of pyridine rings is 1. The zero-order valence-electron chi connectivity index (χ0n) is 16.2. The Hall–Kier alpha value is -3.29. The summed E-state index contributed by atoms with van der Waals surface area (Å²) < 4.78 is 10.6. The summed E-state index contributed by atoms with van der Waals surface area (Å²) in [5.74, 6) is 0.950. The number of aromatic nitrogens is 1. The second-order valence-electron chi connectivity index (χ2n) is 6.39. The number of benzene rings is 2. The average Bonchev–Trinajstić information content (AvgIpc) is 3.11. The molecule has 0 spiro atoms. The number of carbonyl (C=O) groups excluding carboxylic acids is 1. The smallest absolute Gasteiger partial charge is 0.267 e. The molecule has 4 aromatic rings. The number of rotatable bonds is 5. The molecule has 2 heterocycles. The largest absolute Gasteiger partial charge is 0.497 e. The summed E-state index contributed by atoms with van der Waals surface area (Å²) in [6.45, 7) is 0. The van der Waals surface area contributed by atoms with Gasteiger partial charge in [-0.1, -0.05) is 23.7 Å². The molecular formula is C22H18ClN3O3S. The zero-order valence-corrected chi connectivity index (χ0v) is 17.8. The van der Waals surface area contributed by atoms with E-state index in [1.807, 2.05) is 36.4 Å². The number of ether oxygens (including phenoxy) is 2. The van der Waals surface area contributed by atoms with Crippen molar-refractivity contribution in [2.75, 3.05) is 25.3 Å². The lowest BCUT2D eigenvalue weighted by atomic mass is 10.1. The van der Waals surface area contributed by atoms with E-state index < -0.39 is 0 Å². The number of hydrogen-bond donors (Lipinski definition) is 2. The molecular weight excluding hydrogens is 422 g/mol. The Morgan fingerprint density at radius 3 is 2.67 bits per heavy atom. The van der Waals surface area contributed by atoms with E-state index in [-0.39, 0.29) is 5.91 Å². The van der Waals surface area contributed by atoms with Crippen LogP contribution in [0.3, 0.4) is 0 Å². The Balaban J connectivity index is 1.70. The van der Waals surface area contributed by atoms with E-state index in [0.29, 0.717) is 31.9 Å². The van der Waals surface area contributed by atoms with Crippen molar-refractivity contribution in [3.63, 3.8) is 0 Å². The number of amides is 1. The highest BCUT2D eigenvalue weighted by atomic mass is 35.5. The molecule has 2 aromatic heterocycles. The summed E-state index contributed by atoms with van der Waals surface area (Å²) in [5.41, 5.74) is 8.69. The Labute approximate surface area is 182 Å². The number of hydrogen-bond acceptors (Lipinski definition) is 6. The third-order valence-corrected chi connectivity index (χ3v) is 6.05. The molecule has 30 heavy (non-hydrogen) atoms. The molecule has 0 saturated heterocycles. The predicted molar refractivity (Wildman–Crippen MR) is 122 cm³/mol. The Bertz CT molecular complexity index is 1260. The van der Waals surface area contributed by atoms with Crippen molar-refractivity contribution in [2.45, 2.75) is 0 Å². The molecule has 6 nitrogen and oxygen atoms in total. The van der Waals surface area contributed by atoms with E-state index in [1.165, 1.54) is 11.3 Å². The summed E-state index contributed by atoms with van der Waals surface area (Å²) >= 11 is 7.42. The molecule has 4 rings (SSSR count). The van der Waals surface area contributed by atoms with Crippen LogP contribution in [0, 0.1) is 0 Å². The van der Waals surface area contributed by atoms with Crippen LogP contribution in [0.1, 0.15) is 9.67 Å². The molecule has 1 amide bonds. The lowest BCUT2D eigenvalue weighted by Crippen LogP contribution is -2.12. The Kier molecular flexibility index (Phi) is 5.48. The number of anilines is 2. The number of methoxy groups -OCH3 is 2. The third-order valence-electron chi connectivity index (χ3n) is 4.60. The molecule has 0 bridgehead atoms. The van der Waals surface area contributed by atoms with Crippen molar-refractivity contribution in [1.29, 1.82) is 0 Å². The van der Waals surface area contributed by atoms with E-state index in [4.69, 9.17) is 31.8 Å². The molecule has 0 unspecified atom stereocenters.